The zero-order valence-corrected chi connectivity index (χ0v) is 16.2. The van der Waals surface area contributed by atoms with E-state index in [1.807, 2.05) is 13.0 Å². The van der Waals surface area contributed by atoms with Gasteiger partial charge in [0.2, 0.25) is 0 Å². The molecule has 0 aliphatic carbocycles. The summed E-state index contributed by atoms with van der Waals surface area (Å²) in [6.45, 7) is 0.248. The van der Waals surface area contributed by atoms with Gasteiger partial charge in [-0.3, -0.25) is 4.79 Å². The highest BCUT2D eigenvalue weighted by Gasteiger charge is 2.21. The molecule has 0 unspecified atom stereocenters. The van der Waals surface area contributed by atoms with Crippen molar-refractivity contribution in [1.82, 2.24) is 9.78 Å². The van der Waals surface area contributed by atoms with Gasteiger partial charge in [0.25, 0.3) is 5.91 Å². The number of carbonyl (C=O) groups excluding carboxylic acids is 2. The Morgan fingerprint density at radius 3 is 2.40 bits per heavy atom. The normalized spacial score (nSPS) is 11.8. The molecule has 3 rings (SSSR count). The van der Waals surface area contributed by atoms with E-state index < -0.39 is 24.6 Å². The van der Waals surface area contributed by atoms with Gasteiger partial charge in [-0.05, 0) is 56.3 Å². The number of hydrogen-bond acceptors (Lipinski definition) is 5. The lowest BCUT2D eigenvalue weighted by molar-refractivity contribution is -0.123. The Morgan fingerprint density at radius 1 is 1.07 bits per heavy atom. The van der Waals surface area contributed by atoms with E-state index >= 15 is 0 Å². The fourth-order valence-corrected chi connectivity index (χ4v) is 2.66. The van der Waals surface area contributed by atoms with Crippen molar-refractivity contribution in [2.24, 2.45) is 0 Å². The highest BCUT2D eigenvalue weighted by atomic mass is 19.3. The summed E-state index contributed by atoms with van der Waals surface area (Å²) < 4.78 is 36.2. The minimum absolute atomic E-state index is 0.0460. The molecule has 0 aliphatic heterocycles. The van der Waals surface area contributed by atoms with Crippen LogP contribution in [0.15, 0.2) is 60.8 Å². The first-order valence-corrected chi connectivity index (χ1v) is 9.02. The molecular formula is C21H19F2N3O4. The maximum absolute atomic E-state index is 12.5. The Morgan fingerprint density at radius 2 is 1.77 bits per heavy atom. The second-order valence-corrected chi connectivity index (χ2v) is 6.34. The van der Waals surface area contributed by atoms with E-state index in [9.17, 15) is 18.4 Å². The number of ether oxygens (including phenoxy) is 2. The quantitative estimate of drug-likeness (QED) is 0.591. The summed E-state index contributed by atoms with van der Waals surface area (Å²) in [6.07, 6.45) is 0.507. The predicted molar refractivity (Wildman–Crippen MR) is 105 cm³/mol. The summed E-state index contributed by atoms with van der Waals surface area (Å²) in [5.74, 6) is -1.57. The van der Waals surface area contributed by atoms with E-state index in [1.165, 1.54) is 25.1 Å². The standard InChI is InChI=1S/C21H19F2N3O4/c1-13-11-12-24-26(13)16-9-7-15(8-10-16)20(28)29-14(2)19(27)25-17-5-3-4-6-18(17)30-21(22)23/h3-12,14,21H,1-2H3,(H,25,27)/t14-/m1/s1. The second kappa shape index (κ2) is 9.17. The zero-order chi connectivity index (χ0) is 21.7. The molecule has 156 valence electrons. The number of nitrogens with zero attached hydrogens (tertiary/aromatic N) is 2. The number of benzene rings is 2. The first-order chi connectivity index (χ1) is 14.3. The summed E-state index contributed by atoms with van der Waals surface area (Å²) in [6, 6.07) is 14.1. The number of hydrogen-bond donors (Lipinski definition) is 1. The Bertz CT molecular complexity index is 1030. The molecule has 3 aromatic rings. The van der Waals surface area contributed by atoms with Crippen LogP contribution < -0.4 is 10.1 Å². The number of carbonyl (C=O) groups is 2. The SMILES string of the molecule is Cc1ccnn1-c1ccc(C(=O)O[C@H](C)C(=O)Nc2ccccc2OC(F)F)cc1. The van der Waals surface area contributed by atoms with Gasteiger partial charge >= 0.3 is 12.6 Å². The van der Waals surface area contributed by atoms with Crippen LogP contribution in [-0.2, 0) is 9.53 Å². The van der Waals surface area contributed by atoms with E-state index in [-0.39, 0.29) is 17.0 Å². The van der Waals surface area contributed by atoms with Crippen molar-refractivity contribution in [1.29, 1.82) is 0 Å². The van der Waals surface area contributed by atoms with Gasteiger partial charge in [-0.2, -0.15) is 13.9 Å². The van der Waals surface area contributed by atoms with Crippen molar-refractivity contribution in [3.63, 3.8) is 0 Å². The van der Waals surface area contributed by atoms with Gasteiger partial charge in [0.05, 0.1) is 16.9 Å². The molecule has 2 aromatic carbocycles. The summed E-state index contributed by atoms with van der Waals surface area (Å²) in [5.41, 5.74) is 2.01. The van der Waals surface area contributed by atoms with Gasteiger partial charge in [0, 0.05) is 11.9 Å². The van der Waals surface area contributed by atoms with Gasteiger partial charge in [0.15, 0.2) is 6.10 Å². The Kier molecular flexibility index (Phi) is 6.41. The molecule has 0 saturated carbocycles. The number of amides is 1. The predicted octanol–water partition coefficient (Wildman–Crippen LogP) is 3.97. The van der Waals surface area contributed by atoms with Crippen LogP contribution in [0.4, 0.5) is 14.5 Å². The maximum Gasteiger partial charge on any atom is 0.387 e. The summed E-state index contributed by atoms with van der Waals surface area (Å²) in [5, 5.41) is 6.61. The van der Waals surface area contributed by atoms with Gasteiger partial charge < -0.3 is 14.8 Å². The van der Waals surface area contributed by atoms with Gasteiger partial charge in [-0.25, -0.2) is 9.48 Å². The third-order valence-electron chi connectivity index (χ3n) is 4.19. The number of para-hydroxylation sites is 2. The van der Waals surface area contributed by atoms with Crippen LogP contribution in [0.3, 0.4) is 0 Å². The van der Waals surface area contributed by atoms with Crippen molar-refractivity contribution in [3.05, 3.63) is 72.1 Å². The number of alkyl halides is 2. The van der Waals surface area contributed by atoms with E-state index in [0.717, 1.165) is 11.4 Å². The molecule has 9 heteroatoms. The zero-order valence-electron chi connectivity index (χ0n) is 16.2. The molecule has 1 amide bonds. The summed E-state index contributed by atoms with van der Waals surface area (Å²) >= 11 is 0. The monoisotopic (exact) mass is 415 g/mol. The smallest absolute Gasteiger partial charge is 0.387 e. The van der Waals surface area contributed by atoms with Gasteiger partial charge in [-0.1, -0.05) is 12.1 Å². The number of aryl methyl sites for hydroxylation is 1. The number of aromatic nitrogens is 2. The van der Waals surface area contributed by atoms with E-state index in [0.29, 0.717) is 0 Å². The fourth-order valence-electron chi connectivity index (χ4n) is 2.66. The molecule has 1 heterocycles. The highest BCUT2D eigenvalue weighted by molar-refractivity contribution is 5.98. The van der Waals surface area contributed by atoms with Crippen LogP contribution in [0.1, 0.15) is 23.0 Å². The lowest BCUT2D eigenvalue weighted by atomic mass is 10.2. The minimum Gasteiger partial charge on any atom is -0.449 e. The minimum atomic E-state index is -3.04. The molecule has 1 N–H and O–H groups in total. The summed E-state index contributed by atoms with van der Waals surface area (Å²) in [4.78, 5) is 24.7. The van der Waals surface area contributed by atoms with Gasteiger partial charge in [-0.15, -0.1) is 0 Å². The molecule has 0 radical (unpaired) electrons. The maximum atomic E-state index is 12.5. The third kappa shape index (κ3) is 4.99. The van der Waals surface area contributed by atoms with E-state index in [2.05, 4.69) is 15.2 Å². The van der Waals surface area contributed by atoms with Crippen molar-refractivity contribution < 1.29 is 27.8 Å². The van der Waals surface area contributed by atoms with E-state index in [1.54, 1.807) is 41.2 Å². The molecule has 1 atom stereocenters. The topological polar surface area (TPSA) is 82.5 Å². The largest absolute Gasteiger partial charge is 0.449 e. The Hall–Kier alpha value is -3.75. The van der Waals surface area contributed by atoms with Crippen molar-refractivity contribution in [2.75, 3.05) is 5.32 Å². The van der Waals surface area contributed by atoms with Crippen molar-refractivity contribution in [3.8, 4) is 11.4 Å². The fraction of sp³-hybridized carbons (Fsp3) is 0.190. The average Bonchev–Trinajstić information content (AvgIpc) is 3.15. The van der Waals surface area contributed by atoms with Crippen LogP contribution in [-0.4, -0.2) is 34.4 Å². The van der Waals surface area contributed by atoms with Crippen LogP contribution in [0.5, 0.6) is 5.75 Å². The number of rotatable bonds is 7. The molecule has 30 heavy (non-hydrogen) atoms. The van der Waals surface area contributed by atoms with Gasteiger partial charge in [0.1, 0.15) is 5.75 Å². The first-order valence-electron chi connectivity index (χ1n) is 9.02. The van der Waals surface area contributed by atoms with Crippen LogP contribution in [0.25, 0.3) is 5.69 Å². The number of esters is 1. The van der Waals surface area contributed by atoms with Crippen LogP contribution in [0.2, 0.25) is 0 Å². The van der Waals surface area contributed by atoms with Crippen molar-refractivity contribution >= 4 is 17.6 Å². The molecule has 7 nitrogen and oxygen atoms in total. The van der Waals surface area contributed by atoms with Crippen LogP contribution in [0, 0.1) is 6.92 Å². The summed E-state index contributed by atoms with van der Waals surface area (Å²) in [7, 11) is 0. The third-order valence-corrected chi connectivity index (χ3v) is 4.19. The molecule has 0 spiro atoms. The molecular weight excluding hydrogens is 396 g/mol. The average molecular weight is 415 g/mol. The highest BCUT2D eigenvalue weighted by Crippen LogP contribution is 2.25. The second-order valence-electron chi connectivity index (χ2n) is 6.34. The van der Waals surface area contributed by atoms with E-state index in [4.69, 9.17) is 4.74 Å². The number of nitrogens with one attached hydrogen (secondary N) is 1. The number of halogens is 2. The number of anilines is 1. The lowest BCUT2D eigenvalue weighted by Crippen LogP contribution is -2.30. The first kappa shape index (κ1) is 21.0. The molecule has 0 fully saturated rings. The van der Waals surface area contributed by atoms with Crippen molar-refractivity contribution in [2.45, 2.75) is 26.6 Å². The Balaban J connectivity index is 1.63. The Labute approximate surface area is 171 Å². The molecule has 0 bridgehead atoms. The van der Waals surface area contributed by atoms with Crippen LogP contribution >= 0.6 is 0 Å². The molecule has 0 saturated heterocycles. The molecule has 0 aliphatic rings. The molecule has 1 aromatic heterocycles. The lowest BCUT2D eigenvalue weighted by Gasteiger charge is -2.16.